The van der Waals surface area contributed by atoms with Crippen molar-refractivity contribution >= 4 is 48.9 Å². The van der Waals surface area contributed by atoms with E-state index < -0.39 is 10.0 Å². The van der Waals surface area contributed by atoms with Gasteiger partial charge in [-0.2, -0.15) is 4.31 Å². The second-order valence-electron chi connectivity index (χ2n) is 5.14. The van der Waals surface area contributed by atoms with Gasteiger partial charge in [-0.1, -0.05) is 11.6 Å². The fraction of sp³-hybridized carbons (Fsp3) is 0.667. The summed E-state index contributed by atoms with van der Waals surface area (Å²) in [4.78, 5) is 2.33. The molecule has 2 aliphatic heterocycles. The van der Waals surface area contributed by atoms with Crippen LogP contribution >= 0.6 is 38.9 Å². The fourth-order valence-electron chi connectivity index (χ4n) is 2.75. The highest BCUT2D eigenvalue weighted by Crippen LogP contribution is 2.36. The maximum Gasteiger partial charge on any atom is 0.252 e. The van der Waals surface area contributed by atoms with Gasteiger partial charge in [0.05, 0.1) is 22.0 Å². The number of ether oxygens (including phenoxy) is 1. The predicted molar refractivity (Wildman–Crippen MR) is 86.6 cm³/mol. The summed E-state index contributed by atoms with van der Waals surface area (Å²) in [5, 5.41) is 0.447. The first-order valence-electron chi connectivity index (χ1n) is 6.75. The van der Waals surface area contributed by atoms with Crippen LogP contribution in [-0.4, -0.2) is 63.1 Å². The first-order valence-corrected chi connectivity index (χ1v) is 10.2. The van der Waals surface area contributed by atoms with Gasteiger partial charge in [-0.25, -0.2) is 8.42 Å². The van der Waals surface area contributed by atoms with Gasteiger partial charge in [0.15, 0.2) is 0 Å². The molecule has 2 aliphatic rings. The summed E-state index contributed by atoms with van der Waals surface area (Å²) in [6.45, 7) is 4.35. The van der Waals surface area contributed by atoms with Gasteiger partial charge in [0.1, 0.15) is 4.21 Å². The molecule has 0 bridgehead atoms. The van der Waals surface area contributed by atoms with Crippen LogP contribution in [0.3, 0.4) is 0 Å². The van der Waals surface area contributed by atoms with Crippen LogP contribution in [0.25, 0.3) is 0 Å². The zero-order valence-corrected chi connectivity index (χ0v) is 15.3. The lowest BCUT2D eigenvalue weighted by molar-refractivity contribution is 0.0197. The molecule has 0 aliphatic carbocycles. The number of hydrogen-bond acceptors (Lipinski definition) is 5. The Kier molecular flexibility index (Phi) is 4.95. The van der Waals surface area contributed by atoms with Gasteiger partial charge in [-0.3, -0.25) is 4.90 Å². The van der Waals surface area contributed by atoms with Gasteiger partial charge in [0.2, 0.25) is 0 Å². The molecule has 0 radical (unpaired) electrons. The largest absolute Gasteiger partial charge is 0.379 e. The van der Waals surface area contributed by atoms with Crippen LogP contribution in [0.1, 0.15) is 6.42 Å². The van der Waals surface area contributed by atoms with Crippen molar-refractivity contribution in [1.29, 1.82) is 0 Å². The third kappa shape index (κ3) is 3.31. The molecule has 21 heavy (non-hydrogen) atoms. The molecule has 2 saturated heterocycles. The Labute approximate surface area is 142 Å². The van der Waals surface area contributed by atoms with E-state index in [2.05, 4.69) is 20.8 Å². The van der Waals surface area contributed by atoms with Gasteiger partial charge < -0.3 is 4.74 Å². The van der Waals surface area contributed by atoms with Crippen molar-refractivity contribution in [3.8, 4) is 0 Å². The average Bonchev–Trinajstić information content (AvgIpc) is 3.09. The second kappa shape index (κ2) is 6.43. The highest BCUT2D eigenvalue weighted by Gasteiger charge is 2.36. The van der Waals surface area contributed by atoms with Crippen molar-refractivity contribution in [2.24, 2.45) is 0 Å². The van der Waals surface area contributed by atoms with Crippen molar-refractivity contribution in [2.75, 3.05) is 39.4 Å². The molecule has 1 aromatic rings. The lowest BCUT2D eigenvalue weighted by Crippen LogP contribution is -2.45. The Morgan fingerprint density at radius 3 is 2.67 bits per heavy atom. The van der Waals surface area contributed by atoms with Crippen LogP contribution in [0.15, 0.2) is 14.1 Å². The van der Waals surface area contributed by atoms with Gasteiger partial charge in [0, 0.05) is 32.2 Å². The van der Waals surface area contributed by atoms with E-state index in [0.717, 1.165) is 32.7 Å². The second-order valence-corrected chi connectivity index (χ2v) is 10.1. The van der Waals surface area contributed by atoms with Crippen LogP contribution in [0.4, 0.5) is 0 Å². The summed E-state index contributed by atoms with van der Waals surface area (Å²) >= 11 is 10.4. The minimum atomic E-state index is -3.43. The molecule has 3 rings (SSSR count). The van der Waals surface area contributed by atoms with Crippen LogP contribution in [0, 0.1) is 0 Å². The summed E-state index contributed by atoms with van der Waals surface area (Å²) in [6.07, 6.45) is 0.875. The van der Waals surface area contributed by atoms with Crippen molar-refractivity contribution in [3.05, 3.63) is 14.9 Å². The number of halogens is 2. The zero-order valence-electron chi connectivity index (χ0n) is 11.3. The number of rotatable bonds is 3. The van der Waals surface area contributed by atoms with E-state index in [1.165, 1.54) is 17.4 Å². The van der Waals surface area contributed by atoms with E-state index in [1.54, 1.807) is 4.31 Å². The van der Waals surface area contributed by atoms with E-state index in [1.807, 2.05) is 0 Å². The number of thiophene rings is 1. The minimum absolute atomic E-state index is 0.294. The van der Waals surface area contributed by atoms with Crippen molar-refractivity contribution < 1.29 is 13.2 Å². The summed E-state index contributed by atoms with van der Waals surface area (Å²) < 4.78 is 33.2. The van der Waals surface area contributed by atoms with E-state index in [-0.39, 0.29) is 0 Å². The zero-order chi connectivity index (χ0) is 15.0. The Balaban J connectivity index is 1.72. The Morgan fingerprint density at radius 2 is 2.05 bits per heavy atom. The topological polar surface area (TPSA) is 49.9 Å². The summed E-state index contributed by atoms with van der Waals surface area (Å²) in [6, 6.07) is 1.82. The Bertz CT molecular complexity index is 597. The predicted octanol–water partition coefficient (Wildman–Crippen LogP) is 2.26. The highest BCUT2D eigenvalue weighted by molar-refractivity contribution is 9.11. The molecule has 118 valence electrons. The third-order valence-electron chi connectivity index (χ3n) is 3.90. The number of nitrogens with zero attached hydrogens (tertiary/aromatic N) is 2. The van der Waals surface area contributed by atoms with E-state index in [4.69, 9.17) is 16.3 Å². The first-order chi connectivity index (χ1) is 9.98. The van der Waals surface area contributed by atoms with Crippen LogP contribution in [-0.2, 0) is 14.8 Å². The fourth-order valence-corrected chi connectivity index (χ4v) is 6.80. The maximum atomic E-state index is 12.6. The lowest BCUT2D eigenvalue weighted by Gasteiger charge is -2.31. The molecule has 1 unspecified atom stereocenters. The first kappa shape index (κ1) is 16.2. The number of sulfonamides is 1. The molecule has 0 saturated carbocycles. The quantitative estimate of drug-likeness (QED) is 0.760. The number of morpholine rings is 1. The standard InChI is InChI=1S/C12H16BrClN2O3S2/c13-12-10(14)7-11(20-12)21(17,18)16-2-1-9(8-16)15-3-5-19-6-4-15/h7,9H,1-6,8H2. The highest BCUT2D eigenvalue weighted by atomic mass is 79.9. The van der Waals surface area contributed by atoms with Crippen molar-refractivity contribution in [2.45, 2.75) is 16.7 Å². The molecule has 3 heterocycles. The Morgan fingerprint density at radius 1 is 1.33 bits per heavy atom. The molecule has 2 fully saturated rings. The van der Waals surface area contributed by atoms with E-state index in [9.17, 15) is 8.42 Å². The molecule has 0 N–H and O–H groups in total. The molecule has 0 spiro atoms. The van der Waals surface area contributed by atoms with Crippen LogP contribution in [0.5, 0.6) is 0 Å². The maximum absolute atomic E-state index is 12.6. The summed E-state index contributed by atoms with van der Waals surface area (Å²) in [5.41, 5.74) is 0. The normalized spacial score (nSPS) is 25.5. The molecule has 0 amide bonds. The Hall–Kier alpha value is 0.300. The van der Waals surface area contributed by atoms with E-state index in [0.29, 0.717) is 32.1 Å². The van der Waals surface area contributed by atoms with Crippen molar-refractivity contribution in [1.82, 2.24) is 9.21 Å². The summed E-state index contributed by atoms with van der Waals surface area (Å²) in [7, 11) is -3.43. The molecule has 1 aromatic heterocycles. The smallest absolute Gasteiger partial charge is 0.252 e. The molecular formula is C12H16BrClN2O3S2. The average molecular weight is 416 g/mol. The molecule has 1 atom stereocenters. The van der Waals surface area contributed by atoms with Crippen LogP contribution in [0.2, 0.25) is 5.02 Å². The minimum Gasteiger partial charge on any atom is -0.379 e. The van der Waals surface area contributed by atoms with Gasteiger partial charge in [-0.15, -0.1) is 11.3 Å². The molecule has 0 aromatic carbocycles. The van der Waals surface area contributed by atoms with Gasteiger partial charge in [0.25, 0.3) is 10.0 Å². The third-order valence-corrected chi connectivity index (χ3v) is 8.69. The summed E-state index contributed by atoms with van der Waals surface area (Å²) in [5.74, 6) is 0. The molecule has 5 nitrogen and oxygen atoms in total. The van der Waals surface area contributed by atoms with Crippen LogP contribution < -0.4 is 0 Å². The van der Waals surface area contributed by atoms with E-state index >= 15 is 0 Å². The van der Waals surface area contributed by atoms with Gasteiger partial charge >= 0.3 is 0 Å². The van der Waals surface area contributed by atoms with Crippen molar-refractivity contribution in [3.63, 3.8) is 0 Å². The molecule has 9 heteroatoms. The monoisotopic (exact) mass is 414 g/mol. The van der Waals surface area contributed by atoms with Gasteiger partial charge in [-0.05, 0) is 28.4 Å². The SMILES string of the molecule is O=S(=O)(c1cc(Cl)c(Br)s1)N1CCC(N2CCOCC2)C1. The molecular weight excluding hydrogens is 400 g/mol. The lowest BCUT2D eigenvalue weighted by atomic mass is 10.2. The number of hydrogen-bond donors (Lipinski definition) is 0.